The molecule has 5 nitrogen and oxygen atoms in total. The van der Waals surface area contributed by atoms with Crippen LogP contribution in [0.2, 0.25) is 0 Å². The van der Waals surface area contributed by atoms with Crippen molar-refractivity contribution in [3.63, 3.8) is 0 Å². The average molecular weight is 311 g/mol. The van der Waals surface area contributed by atoms with Crippen molar-refractivity contribution in [3.05, 3.63) is 35.6 Å². The summed E-state index contributed by atoms with van der Waals surface area (Å²) in [5.74, 6) is 0.567. The van der Waals surface area contributed by atoms with Gasteiger partial charge in [-0.3, -0.25) is 0 Å². The lowest BCUT2D eigenvalue weighted by Crippen LogP contribution is -2.33. The Hall–Kier alpha value is -1.37. The Labute approximate surface area is 125 Å². The summed E-state index contributed by atoms with van der Waals surface area (Å²) >= 11 is 0. The Balaban J connectivity index is 2.23. The van der Waals surface area contributed by atoms with Crippen molar-refractivity contribution in [1.29, 1.82) is 0 Å². The molecule has 2 aromatic rings. The molecular weight excluding hydrogens is 290 g/mol. The number of rotatable bonds is 6. The third-order valence-corrected chi connectivity index (χ3v) is 5.11. The molecule has 2 atom stereocenters. The Kier molecular flexibility index (Phi) is 4.70. The summed E-state index contributed by atoms with van der Waals surface area (Å²) in [4.78, 5) is 0. The van der Waals surface area contributed by atoms with Gasteiger partial charge in [0.25, 0.3) is 0 Å². The van der Waals surface area contributed by atoms with Crippen LogP contribution in [0.15, 0.2) is 28.7 Å². The molecule has 1 aromatic heterocycles. The number of methoxy groups -OCH3 is 1. The van der Waals surface area contributed by atoms with E-state index in [1.165, 1.54) is 7.11 Å². The molecule has 0 radical (unpaired) electrons. The fraction of sp³-hybridized carbons (Fsp3) is 0.467. The predicted octanol–water partition coefficient (Wildman–Crippen LogP) is 2.76. The predicted molar refractivity (Wildman–Crippen MR) is 82.8 cm³/mol. The summed E-state index contributed by atoms with van der Waals surface area (Å²) in [5, 5.41) is 1.00. The minimum atomic E-state index is -3.43. The average Bonchev–Trinajstić information content (AvgIpc) is 2.75. The van der Waals surface area contributed by atoms with Crippen molar-refractivity contribution in [1.82, 2.24) is 4.72 Å². The first-order valence-corrected chi connectivity index (χ1v) is 8.50. The van der Waals surface area contributed by atoms with Crippen LogP contribution in [0.1, 0.15) is 31.2 Å². The van der Waals surface area contributed by atoms with E-state index in [0.29, 0.717) is 5.76 Å². The number of aryl methyl sites for hydroxylation is 1. The van der Waals surface area contributed by atoms with Crippen LogP contribution in [-0.2, 0) is 14.8 Å². The quantitative estimate of drug-likeness (QED) is 0.890. The van der Waals surface area contributed by atoms with Crippen LogP contribution in [0.5, 0.6) is 0 Å². The van der Waals surface area contributed by atoms with Gasteiger partial charge < -0.3 is 9.15 Å². The van der Waals surface area contributed by atoms with Crippen LogP contribution < -0.4 is 4.72 Å². The van der Waals surface area contributed by atoms with Crippen LogP contribution in [0.4, 0.5) is 0 Å². The molecule has 2 rings (SSSR count). The molecule has 21 heavy (non-hydrogen) atoms. The molecule has 6 heteroatoms. The summed E-state index contributed by atoms with van der Waals surface area (Å²) in [6.45, 7) is 5.43. The second-order valence-corrected chi connectivity index (χ2v) is 7.05. The Morgan fingerprint density at radius 3 is 2.57 bits per heavy atom. The molecule has 1 N–H and O–H groups in total. The Morgan fingerprint density at radius 2 is 1.95 bits per heavy atom. The molecule has 0 aliphatic heterocycles. The van der Waals surface area contributed by atoms with Crippen molar-refractivity contribution < 1.29 is 17.6 Å². The Bertz CT molecular complexity index is 720. The molecule has 1 heterocycles. The van der Waals surface area contributed by atoms with Gasteiger partial charge in [0, 0.05) is 18.1 Å². The highest BCUT2D eigenvalue weighted by Gasteiger charge is 2.23. The van der Waals surface area contributed by atoms with Gasteiger partial charge in [-0.1, -0.05) is 18.2 Å². The molecule has 0 aliphatic rings. The first-order valence-electron chi connectivity index (χ1n) is 6.85. The van der Waals surface area contributed by atoms with Crippen LogP contribution in [0.3, 0.4) is 0 Å². The van der Waals surface area contributed by atoms with E-state index in [-0.39, 0.29) is 11.9 Å². The number of ether oxygens (including phenoxy) is 1. The lowest BCUT2D eigenvalue weighted by Gasteiger charge is -2.15. The van der Waals surface area contributed by atoms with E-state index < -0.39 is 16.1 Å². The van der Waals surface area contributed by atoms with Crippen LogP contribution >= 0.6 is 0 Å². The summed E-state index contributed by atoms with van der Waals surface area (Å²) in [5.41, 5.74) is 1.72. The van der Waals surface area contributed by atoms with Gasteiger partial charge in [0.15, 0.2) is 0 Å². The smallest absolute Gasteiger partial charge is 0.214 e. The van der Waals surface area contributed by atoms with Crippen molar-refractivity contribution in [2.75, 3.05) is 12.9 Å². The second-order valence-electron chi connectivity index (χ2n) is 5.25. The first-order chi connectivity index (χ1) is 9.84. The van der Waals surface area contributed by atoms with Gasteiger partial charge in [0.05, 0.1) is 17.9 Å². The zero-order valence-electron chi connectivity index (χ0n) is 12.7. The number of para-hydroxylation sites is 1. The molecule has 0 amide bonds. The van der Waals surface area contributed by atoms with Gasteiger partial charge in [0.2, 0.25) is 10.0 Å². The monoisotopic (exact) mass is 311 g/mol. The van der Waals surface area contributed by atoms with E-state index in [0.717, 1.165) is 16.5 Å². The standard InChI is InChI=1S/C15H21NO4S/c1-10(19-4)9-21(17,18)16-12(3)15-11(2)13-7-5-6-8-14(13)20-15/h5-8,10,12,16H,9H2,1-4H3/t10-,12+/m1/s1. The number of benzene rings is 1. The zero-order chi connectivity index (χ0) is 15.6. The maximum absolute atomic E-state index is 12.1. The fourth-order valence-corrected chi connectivity index (χ4v) is 3.85. The second kappa shape index (κ2) is 6.17. The van der Waals surface area contributed by atoms with E-state index in [4.69, 9.17) is 9.15 Å². The van der Waals surface area contributed by atoms with Crippen LogP contribution in [-0.4, -0.2) is 27.4 Å². The fourth-order valence-electron chi connectivity index (χ4n) is 2.35. The summed E-state index contributed by atoms with van der Waals surface area (Å²) in [7, 11) is -1.94. The minimum absolute atomic E-state index is 0.0763. The topological polar surface area (TPSA) is 68.5 Å². The highest BCUT2D eigenvalue weighted by Crippen LogP contribution is 2.29. The number of sulfonamides is 1. The van der Waals surface area contributed by atoms with E-state index in [9.17, 15) is 8.42 Å². The van der Waals surface area contributed by atoms with Crippen molar-refractivity contribution in [2.45, 2.75) is 32.9 Å². The van der Waals surface area contributed by atoms with Crippen molar-refractivity contribution in [3.8, 4) is 0 Å². The molecule has 0 saturated heterocycles. The molecule has 0 saturated carbocycles. The van der Waals surface area contributed by atoms with Gasteiger partial charge >= 0.3 is 0 Å². The lowest BCUT2D eigenvalue weighted by atomic mass is 10.1. The third-order valence-electron chi connectivity index (χ3n) is 3.49. The van der Waals surface area contributed by atoms with Gasteiger partial charge in [-0.15, -0.1) is 0 Å². The maximum atomic E-state index is 12.1. The molecule has 1 aromatic carbocycles. The number of hydrogen-bond donors (Lipinski definition) is 1. The number of nitrogens with one attached hydrogen (secondary N) is 1. The summed E-state index contributed by atoms with van der Waals surface area (Å²) in [6.07, 6.45) is -0.355. The largest absolute Gasteiger partial charge is 0.459 e. The zero-order valence-corrected chi connectivity index (χ0v) is 13.5. The summed E-state index contributed by atoms with van der Waals surface area (Å²) in [6, 6.07) is 7.24. The van der Waals surface area contributed by atoms with Crippen molar-refractivity contribution >= 4 is 21.0 Å². The normalized spacial score (nSPS) is 15.2. The number of hydrogen-bond acceptors (Lipinski definition) is 4. The number of fused-ring (bicyclic) bond motifs is 1. The first kappa shape index (κ1) is 16.0. The molecule has 0 bridgehead atoms. The number of furan rings is 1. The van der Waals surface area contributed by atoms with E-state index in [2.05, 4.69) is 4.72 Å². The van der Waals surface area contributed by atoms with Gasteiger partial charge in [-0.05, 0) is 26.8 Å². The van der Waals surface area contributed by atoms with Gasteiger partial charge in [0.1, 0.15) is 11.3 Å². The Morgan fingerprint density at radius 1 is 1.29 bits per heavy atom. The SMILES string of the molecule is CO[C@H](C)CS(=O)(=O)N[C@@H](C)c1oc2ccccc2c1C. The molecule has 0 fully saturated rings. The van der Waals surface area contributed by atoms with Crippen LogP contribution in [0.25, 0.3) is 11.0 Å². The molecule has 0 spiro atoms. The highest BCUT2D eigenvalue weighted by molar-refractivity contribution is 7.89. The highest BCUT2D eigenvalue weighted by atomic mass is 32.2. The van der Waals surface area contributed by atoms with Crippen LogP contribution in [0, 0.1) is 6.92 Å². The van der Waals surface area contributed by atoms with Crippen molar-refractivity contribution in [2.24, 2.45) is 0 Å². The van der Waals surface area contributed by atoms with E-state index in [1.807, 2.05) is 31.2 Å². The lowest BCUT2D eigenvalue weighted by molar-refractivity contribution is 0.136. The molecule has 0 aliphatic carbocycles. The maximum Gasteiger partial charge on any atom is 0.214 e. The van der Waals surface area contributed by atoms with E-state index in [1.54, 1.807) is 13.8 Å². The summed E-state index contributed by atoms with van der Waals surface area (Å²) < 4.78 is 37.6. The molecule has 116 valence electrons. The van der Waals surface area contributed by atoms with Gasteiger partial charge in [-0.25, -0.2) is 13.1 Å². The molecule has 0 unspecified atom stereocenters. The van der Waals surface area contributed by atoms with E-state index >= 15 is 0 Å². The molecular formula is C15H21NO4S. The van der Waals surface area contributed by atoms with Gasteiger partial charge in [-0.2, -0.15) is 0 Å². The minimum Gasteiger partial charge on any atom is -0.459 e. The third kappa shape index (κ3) is 3.64.